The molecule has 0 aliphatic carbocycles. The number of phenols is 1. The van der Waals surface area contributed by atoms with Crippen LogP contribution < -0.4 is 5.32 Å². The van der Waals surface area contributed by atoms with Crippen LogP contribution in [-0.4, -0.2) is 36.8 Å². The summed E-state index contributed by atoms with van der Waals surface area (Å²) in [6.07, 6.45) is 1.38. The second-order valence-corrected chi connectivity index (χ2v) is 7.09. The summed E-state index contributed by atoms with van der Waals surface area (Å²) in [6.45, 7) is 5.84. The summed E-state index contributed by atoms with van der Waals surface area (Å²) >= 11 is 0. The molecule has 2 aromatic rings. The summed E-state index contributed by atoms with van der Waals surface area (Å²) in [5.74, 6) is -0.692. The fourth-order valence-electron chi connectivity index (χ4n) is 2.27. The van der Waals surface area contributed by atoms with Crippen molar-refractivity contribution in [2.75, 3.05) is 18.4 Å². The lowest BCUT2D eigenvalue weighted by Crippen LogP contribution is -2.30. The van der Waals surface area contributed by atoms with Gasteiger partial charge in [0.25, 0.3) is 5.91 Å². The van der Waals surface area contributed by atoms with E-state index in [0.29, 0.717) is 18.7 Å². The Hall–Kier alpha value is -2.32. The lowest BCUT2D eigenvalue weighted by Gasteiger charge is -2.19. The molecular weight excluding hydrogens is 332 g/mol. The van der Waals surface area contributed by atoms with Gasteiger partial charge in [-0.05, 0) is 31.2 Å². The Morgan fingerprint density at radius 2 is 1.92 bits per heavy atom. The SMILES string of the molecule is CCN(CC)S(=O)(=O)c1ccc(O)c(NC(=O)c2occc2C)c1. The van der Waals surface area contributed by atoms with Crippen molar-refractivity contribution in [3.8, 4) is 5.75 Å². The minimum Gasteiger partial charge on any atom is -0.506 e. The number of benzene rings is 1. The normalized spacial score (nSPS) is 11.7. The molecule has 0 aliphatic rings. The number of nitrogens with zero attached hydrogens (tertiary/aromatic N) is 1. The van der Waals surface area contributed by atoms with Crippen molar-refractivity contribution in [3.05, 3.63) is 41.9 Å². The van der Waals surface area contributed by atoms with Crippen molar-refractivity contribution in [2.45, 2.75) is 25.7 Å². The quantitative estimate of drug-likeness (QED) is 0.778. The number of carbonyl (C=O) groups is 1. The van der Waals surface area contributed by atoms with Gasteiger partial charge in [-0.2, -0.15) is 4.31 Å². The van der Waals surface area contributed by atoms with Crippen LogP contribution in [0.15, 0.2) is 39.8 Å². The molecule has 0 unspecified atom stereocenters. The van der Waals surface area contributed by atoms with E-state index < -0.39 is 15.9 Å². The summed E-state index contributed by atoms with van der Waals surface area (Å²) in [4.78, 5) is 12.2. The van der Waals surface area contributed by atoms with Gasteiger partial charge in [-0.3, -0.25) is 4.79 Å². The van der Waals surface area contributed by atoms with Gasteiger partial charge in [-0.1, -0.05) is 13.8 Å². The standard InChI is InChI=1S/C16H20N2O5S/c1-4-18(5-2)24(21,22)12-6-7-14(19)13(10-12)17-16(20)15-11(3)8-9-23-15/h6-10,19H,4-5H2,1-3H3,(H,17,20). The number of rotatable bonds is 6. The first-order chi connectivity index (χ1) is 11.3. The zero-order valence-corrected chi connectivity index (χ0v) is 14.6. The molecule has 2 rings (SSSR count). The molecule has 1 aromatic carbocycles. The lowest BCUT2D eigenvalue weighted by molar-refractivity contribution is 0.0995. The highest BCUT2D eigenvalue weighted by molar-refractivity contribution is 7.89. The third-order valence-corrected chi connectivity index (χ3v) is 5.67. The third-order valence-electron chi connectivity index (χ3n) is 3.63. The molecule has 1 amide bonds. The number of anilines is 1. The summed E-state index contributed by atoms with van der Waals surface area (Å²) in [5, 5.41) is 12.4. The zero-order valence-electron chi connectivity index (χ0n) is 13.7. The molecule has 130 valence electrons. The number of hydrogen-bond acceptors (Lipinski definition) is 5. The van der Waals surface area contributed by atoms with Crippen LogP contribution in [0.2, 0.25) is 0 Å². The van der Waals surface area contributed by atoms with E-state index >= 15 is 0 Å². The second kappa shape index (κ2) is 7.06. The minimum atomic E-state index is -3.69. The molecule has 7 nitrogen and oxygen atoms in total. The van der Waals surface area contributed by atoms with Crippen molar-refractivity contribution < 1.29 is 22.7 Å². The minimum absolute atomic E-state index is 0.00373. The van der Waals surface area contributed by atoms with Gasteiger partial charge in [0.1, 0.15) is 5.75 Å². The fraction of sp³-hybridized carbons (Fsp3) is 0.312. The second-order valence-electron chi connectivity index (χ2n) is 5.16. The number of furan rings is 1. The first-order valence-electron chi connectivity index (χ1n) is 7.49. The predicted molar refractivity (Wildman–Crippen MR) is 89.6 cm³/mol. The monoisotopic (exact) mass is 352 g/mol. The molecule has 1 heterocycles. The van der Waals surface area contributed by atoms with Crippen LogP contribution in [0.3, 0.4) is 0 Å². The number of sulfonamides is 1. The summed E-state index contributed by atoms with van der Waals surface area (Å²) in [6, 6.07) is 5.41. The largest absolute Gasteiger partial charge is 0.506 e. The Kier molecular flexibility index (Phi) is 5.30. The smallest absolute Gasteiger partial charge is 0.291 e. The summed E-state index contributed by atoms with van der Waals surface area (Å²) in [5.41, 5.74) is 0.642. The average molecular weight is 352 g/mol. The molecule has 2 N–H and O–H groups in total. The molecule has 1 aromatic heterocycles. The van der Waals surface area contributed by atoms with Gasteiger partial charge in [0, 0.05) is 18.7 Å². The molecule has 0 atom stereocenters. The van der Waals surface area contributed by atoms with Gasteiger partial charge in [0.05, 0.1) is 16.8 Å². The molecule has 0 aliphatic heterocycles. The van der Waals surface area contributed by atoms with E-state index in [9.17, 15) is 18.3 Å². The number of hydrogen-bond donors (Lipinski definition) is 2. The van der Waals surface area contributed by atoms with E-state index in [4.69, 9.17) is 4.42 Å². The van der Waals surface area contributed by atoms with Gasteiger partial charge in [0.15, 0.2) is 5.76 Å². The molecular formula is C16H20N2O5S. The first-order valence-corrected chi connectivity index (χ1v) is 8.93. The maximum Gasteiger partial charge on any atom is 0.291 e. The van der Waals surface area contributed by atoms with Crippen LogP contribution in [0.4, 0.5) is 5.69 Å². The molecule has 0 radical (unpaired) electrons. The Bertz CT molecular complexity index is 838. The van der Waals surface area contributed by atoms with E-state index in [1.807, 2.05) is 0 Å². The lowest BCUT2D eigenvalue weighted by atomic mass is 10.2. The Labute approximate surface area is 140 Å². The van der Waals surface area contributed by atoms with Crippen molar-refractivity contribution >= 4 is 21.6 Å². The van der Waals surface area contributed by atoms with Gasteiger partial charge in [-0.15, -0.1) is 0 Å². The summed E-state index contributed by atoms with van der Waals surface area (Å²) < 4.78 is 31.5. The number of aromatic hydroxyl groups is 1. The molecule has 0 fully saturated rings. The number of aryl methyl sites for hydroxylation is 1. The van der Waals surface area contributed by atoms with Crippen LogP contribution >= 0.6 is 0 Å². The molecule has 8 heteroatoms. The number of amides is 1. The number of phenolic OH excluding ortho intramolecular Hbond substituents is 1. The molecule has 0 bridgehead atoms. The van der Waals surface area contributed by atoms with Gasteiger partial charge in [-0.25, -0.2) is 8.42 Å². The molecule has 24 heavy (non-hydrogen) atoms. The molecule has 0 saturated heterocycles. The predicted octanol–water partition coefficient (Wildman–Crippen LogP) is 2.58. The van der Waals surface area contributed by atoms with Crippen molar-refractivity contribution in [1.82, 2.24) is 4.31 Å². The van der Waals surface area contributed by atoms with Gasteiger partial charge in [0.2, 0.25) is 10.0 Å². The maximum absolute atomic E-state index is 12.5. The van der Waals surface area contributed by atoms with Crippen LogP contribution in [0.25, 0.3) is 0 Å². The Balaban J connectivity index is 2.36. The highest BCUT2D eigenvalue weighted by atomic mass is 32.2. The third kappa shape index (κ3) is 3.44. The van der Waals surface area contributed by atoms with Gasteiger partial charge < -0.3 is 14.8 Å². The van der Waals surface area contributed by atoms with Crippen molar-refractivity contribution in [1.29, 1.82) is 0 Å². The van der Waals surface area contributed by atoms with E-state index in [1.165, 1.54) is 28.8 Å². The number of nitrogens with one attached hydrogen (secondary N) is 1. The zero-order chi connectivity index (χ0) is 17.9. The van der Waals surface area contributed by atoms with Crippen LogP contribution in [0.1, 0.15) is 30.0 Å². The van der Waals surface area contributed by atoms with Crippen molar-refractivity contribution in [2.24, 2.45) is 0 Å². The summed E-state index contributed by atoms with van der Waals surface area (Å²) in [7, 11) is -3.69. The number of carbonyl (C=O) groups excluding carboxylic acids is 1. The topological polar surface area (TPSA) is 99.9 Å². The molecule has 0 saturated carbocycles. The van der Waals surface area contributed by atoms with E-state index in [1.54, 1.807) is 26.8 Å². The highest BCUT2D eigenvalue weighted by Crippen LogP contribution is 2.28. The van der Waals surface area contributed by atoms with E-state index in [2.05, 4.69) is 5.32 Å². The highest BCUT2D eigenvalue weighted by Gasteiger charge is 2.23. The van der Waals surface area contributed by atoms with Crippen LogP contribution in [0, 0.1) is 6.92 Å². The van der Waals surface area contributed by atoms with Gasteiger partial charge >= 0.3 is 0 Å². The molecule has 0 spiro atoms. The maximum atomic E-state index is 12.5. The fourth-order valence-corrected chi connectivity index (χ4v) is 3.76. The van der Waals surface area contributed by atoms with Crippen LogP contribution in [-0.2, 0) is 10.0 Å². The van der Waals surface area contributed by atoms with Crippen molar-refractivity contribution in [3.63, 3.8) is 0 Å². The van der Waals surface area contributed by atoms with Crippen LogP contribution in [0.5, 0.6) is 5.75 Å². The Morgan fingerprint density at radius 1 is 1.25 bits per heavy atom. The Morgan fingerprint density at radius 3 is 2.46 bits per heavy atom. The van der Waals surface area contributed by atoms with E-state index in [-0.39, 0.29) is 22.1 Å². The van der Waals surface area contributed by atoms with E-state index in [0.717, 1.165) is 0 Å². The first kappa shape index (κ1) is 18.0. The average Bonchev–Trinajstić information content (AvgIpc) is 2.96.